The molecule has 1 atom stereocenters. The molecule has 1 aromatic carbocycles. The average Bonchev–Trinajstić information content (AvgIpc) is 2.64. The minimum Gasteiger partial charge on any atom is -0.382 e. The average molecular weight is 222 g/mol. The Morgan fingerprint density at radius 2 is 2.31 bits per heavy atom. The van der Waals surface area contributed by atoms with Gasteiger partial charge in [-0.2, -0.15) is 0 Å². The Balaban J connectivity index is 2.23. The molecule has 0 fully saturated rings. The molecule has 1 amide bonds. The second-order valence-electron chi connectivity index (χ2n) is 3.76. The van der Waals surface area contributed by atoms with E-state index in [2.05, 4.69) is 5.16 Å². The maximum absolute atomic E-state index is 13.1. The van der Waals surface area contributed by atoms with Crippen molar-refractivity contribution in [3.05, 3.63) is 35.1 Å². The molecule has 0 aromatic heterocycles. The maximum atomic E-state index is 13.1. The van der Waals surface area contributed by atoms with Crippen LogP contribution in [-0.4, -0.2) is 17.7 Å². The molecule has 1 heterocycles. The fraction of sp³-hybridized carbons (Fsp3) is 0.273. The molecular weight excluding hydrogens is 211 g/mol. The maximum Gasteiger partial charge on any atom is 0.261 e. The predicted octanol–water partition coefficient (Wildman–Crippen LogP) is 1.11. The van der Waals surface area contributed by atoms with E-state index in [0.29, 0.717) is 11.3 Å². The van der Waals surface area contributed by atoms with Crippen molar-refractivity contribution in [1.29, 1.82) is 0 Å². The normalized spacial score (nSPS) is 19.1. The van der Waals surface area contributed by atoms with Crippen molar-refractivity contribution in [2.24, 2.45) is 10.9 Å². The lowest BCUT2D eigenvalue weighted by atomic mass is 10.0. The van der Waals surface area contributed by atoms with Crippen LogP contribution in [0.2, 0.25) is 0 Å². The van der Waals surface area contributed by atoms with Crippen LogP contribution in [0.5, 0.6) is 0 Å². The summed E-state index contributed by atoms with van der Waals surface area (Å²) in [6, 6.07) is 4.57. The quantitative estimate of drug-likeness (QED) is 0.814. The van der Waals surface area contributed by atoms with Gasteiger partial charge in [-0.05, 0) is 30.7 Å². The number of amides is 1. The van der Waals surface area contributed by atoms with Gasteiger partial charge in [0.25, 0.3) is 5.91 Å². The van der Waals surface area contributed by atoms with Crippen LogP contribution in [0.1, 0.15) is 17.5 Å². The number of rotatable bonds is 2. The van der Waals surface area contributed by atoms with Crippen molar-refractivity contribution in [3.63, 3.8) is 0 Å². The zero-order valence-corrected chi connectivity index (χ0v) is 8.74. The van der Waals surface area contributed by atoms with Gasteiger partial charge in [-0.3, -0.25) is 4.79 Å². The first kappa shape index (κ1) is 10.6. The lowest BCUT2D eigenvalue weighted by molar-refractivity contribution is -0.127. The molecule has 0 bridgehead atoms. The smallest absolute Gasteiger partial charge is 0.261 e. The van der Waals surface area contributed by atoms with Gasteiger partial charge >= 0.3 is 0 Å². The molecule has 1 aliphatic rings. The molecule has 84 valence electrons. The summed E-state index contributed by atoms with van der Waals surface area (Å²) in [5.41, 5.74) is 7.05. The number of hydrogen-bond acceptors (Lipinski definition) is 3. The van der Waals surface area contributed by atoms with E-state index < -0.39 is 12.0 Å². The highest BCUT2D eigenvalue weighted by Gasteiger charge is 2.26. The monoisotopic (exact) mass is 222 g/mol. The number of benzene rings is 1. The first-order chi connectivity index (χ1) is 7.56. The molecule has 0 aliphatic carbocycles. The van der Waals surface area contributed by atoms with E-state index in [4.69, 9.17) is 10.6 Å². The van der Waals surface area contributed by atoms with Crippen LogP contribution in [0.4, 0.5) is 4.39 Å². The Kier molecular flexibility index (Phi) is 2.60. The highest BCUT2D eigenvalue weighted by Crippen LogP contribution is 2.18. The number of nitrogens with zero attached hydrogens (tertiary/aromatic N) is 1. The van der Waals surface area contributed by atoms with Crippen molar-refractivity contribution in [2.75, 3.05) is 0 Å². The number of halogens is 1. The molecular formula is C11H11FN2O2. The molecule has 16 heavy (non-hydrogen) atoms. The van der Waals surface area contributed by atoms with Gasteiger partial charge < -0.3 is 10.6 Å². The molecule has 0 saturated heterocycles. The topological polar surface area (TPSA) is 64.7 Å². The first-order valence-corrected chi connectivity index (χ1v) is 4.86. The zero-order chi connectivity index (χ0) is 11.7. The fourth-order valence-corrected chi connectivity index (χ4v) is 1.60. The van der Waals surface area contributed by atoms with E-state index in [1.807, 2.05) is 0 Å². The van der Waals surface area contributed by atoms with E-state index in [0.717, 1.165) is 5.56 Å². The third kappa shape index (κ3) is 2.03. The lowest BCUT2D eigenvalue weighted by Crippen LogP contribution is -2.28. The SMILES string of the molecule is Cc1cc(F)cc(C2=NOC(C(N)=O)C2)c1. The largest absolute Gasteiger partial charge is 0.382 e. The second kappa shape index (κ2) is 3.92. The van der Waals surface area contributed by atoms with E-state index in [1.165, 1.54) is 12.1 Å². The van der Waals surface area contributed by atoms with Gasteiger partial charge in [0.15, 0.2) is 0 Å². The van der Waals surface area contributed by atoms with Crippen LogP contribution in [0.25, 0.3) is 0 Å². The molecule has 0 spiro atoms. The summed E-state index contributed by atoms with van der Waals surface area (Å²) in [7, 11) is 0. The zero-order valence-electron chi connectivity index (χ0n) is 8.74. The molecule has 5 heteroatoms. The van der Waals surface area contributed by atoms with E-state index >= 15 is 0 Å². The minimum absolute atomic E-state index is 0.290. The van der Waals surface area contributed by atoms with Crippen LogP contribution in [0.15, 0.2) is 23.4 Å². The molecule has 1 unspecified atom stereocenters. The Morgan fingerprint density at radius 1 is 1.56 bits per heavy atom. The highest BCUT2D eigenvalue weighted by molar-refractivity contribution is 6.04. The van der Waals surface area contributed by atoms with Gasteiger partial charge in [-0.25, -0.2) is 4.39 Å². The van der Waals surface area contributed by atoms with Gasteiger partial charge in [-0.15, -0.1) is 0 Å². The Labute approximate surface area is 91.9 Å². The van der Waals surface area contributed by atoms with Gasteiger partial charge in [0.1, 0.15) is 5.82 Å². The molecule has 2 rings (SSSR count). The van der Waals surface area contributed by atoms with E-state index in [-0.39, 0.29) is 12.2 Å². The van der Waals surface area contributed by atoms with Gasteiger partial charge in [-0.1, -0.05) is 5.16 Å². The molecule has 4 nitrogen and oxygen atoms in total. The van der Waals surface area contributed by atoms with Crippen molar-refractivity contribution in [3.8, 4) is 0 Å². The van der Waals surface area contributed by atoms with Crippen LogP contribution < -0.4 is 5.73 Å². The number of nitrogens with two attached hydrogens (primary N) is 1. The lowest BCUT2D eigenvalue weighted by Gasteiger charge is -2.02. The summed E-state index contributed by atoms with van der Waals surface area (Å²) < 4.78 is 13.1. The summed E-state index contributed by atoms with van der Waals surface area (Å²) in [6.45, 7) is 1.79. The predicted molar refractivity (Wildman–Crippen MR) is 56.4 cm³/mol. The molecule has 0 radical (unpaired) electrons. The Hall–Kier alpha value is -1.91. The summed E-state index contributed by atoms with van der Waals surface area (Å²) >= 11 is 0. The Morgan fingerprint density at radius 3 is 2.88 bits per heavy atom. The Bertz CT molecular complexity index is 451. The van der Waals surface area contributed by atoms with Gasteiger partial charge in [0, 0.05) is 12.0 Å². The molecule has 2 N–H and O–H groups in total. The van der Waals surface area contributed by atoms with Gasteiger partial charge in [0.2, 0.25) is 6.10 Å². The molecule has 1 aromatic rings. The second-order valence-corrected chi connectivity index (χ2v) is 3.76. The highest BCUT2D eigenvalue weighted by atomic mass is 19.1. The van der Waals surface area contributed by atoms with Crippen molar-refractivity contribution in [1.82, 2.24) is 0 Å². The first-order valence-electron chi connectivity index (χ1n) is 4.86. The standard InChI is InChI=1S/C11H11FN2O2/c1-6-2-7(4-8(12)3-6)9-5-10(11(13)15)16-14-9/h2-4,10H,5H2,1H3,(H2,13,15). The van der Waals surface area contributed by atoms with Crippen LogP contribution >= 0.6 is 0 Å². The number of hydrogen-bond donors (Lipinski definition) is 1. The number of oxime groups is 1. The number of carbonyl (C=O) groups is 1. The molecule has 0 saturated carbocycles. The number of primary amides is 1. The summed E-state index contributed by atoms with van der Waals surface area (Å²) in [5, 5.41) is 3.74. The van der Waals surface area contributed by atoms with Crippen molar-refractivity contribution in [2.45, 2.75) is 19.4 Å². The van der Waals surface area contributed by atoms with Crippen molar-refractivity contribution < 1.29 is 14.0 Å². The van der Waals surface area contributed by atoms with Crippen LogP contribution in [0.3, 0.4) is 0 Å². The minimum atomic E-state index is -0.737. The van der Waals surface area contributed by atoms with E-state index in [1.54, 1.807) is 13.0 Å². The number of aryl methyl sites for hydroxylation is 1. The van der Waals surface area contributed by atoms with E-state index in [9.17, 15) is 9.18 Å². The third-order valence-electron chi connectivity index (χ3n) is 2.36. The summed E-state index contributed by atoms with van der Waals surface area (Å²) in [5.74, 6) is -0.896. The van der Waals surface area contributed by atoms with Crippen LogP contribution in [-0.2, 0) is 9.63 Å². The third-order valence-corrected chi connectivity index (χ3v) is 2.36. The fourth-order valence-electron chi connectivity index (χ4n) is 1.60. The summed E-state index contributed by atoms with van der Waals surface area (Å²) in [6.07, 6.45) is -0.448. The van der Waals surface area contributed by atoms with Crippen LogP contribution in [0, 0.1) is 12.7 Å². The molecule has 1 aliphatic heterocycles. The number of carbonyl (C=O) groups excluding carboxylic acids is 1. The van der Waals surface area contributed by atoms with Gasteiger partial charge in [0.05, 0.1) is 5.71 Å². The van der Waals surface area contributed by atoms with Crippen molar-refractivity contribution >= 4 is 11.6 Å². The summed E-state index contributed by atoms with van der Waals surface area (Å²) in [4.78, 5) is 15.7.